The highest BCUT2D eigenvalue weighted by Crippen LogP contribution is 2.06. The van der Waals surface area contributed by atoms with Crippen LogP contribution in [0, 0.1) is 0 Å². The number of nitrogens with one attached hydrogen (secondary N) is 2. The van der Waals surface area contributed by atoms with Crippen LogP contribution in [-0.4, -0.2) is 47.1 Å². The highest BCUT2D eigenvalue weighted by atomic mass is 16.4. The monoisotopic (exact) mass is 209 g/mol. The summed E-state index contributed by atoms with van der Waals surface area (Å²) >= 11 is 0. The number of aromatic amines is 1. The van der Waals surface area contributed by atoms with E-state index in [1.54, 1.807) is 6.07 Å². The number of piperazine rings is 1. The Labute approximate surface area is 88.1 Å². The lowest BCUT2D eigenvalue weighted by atomic mass is 10.3. The van der Waals surface area contributed by atoms with Gasteiger partial charge < -0.3 is 15.4 Å². The van der Waals surface area contributed by atoms with Crippen LogP contribution in [0.1, 0.15) is 16.2 Å². The fourth-order valence-corrected chi connectivity index (χ4v) is 1.77. The number of rotatable bonds is 3. The molecule has 15 heavy (non-hydrogen) atoms. The average Bonchev–Trinajstić information content (AvgIpc) is 2.68. The summed E-state index contributed by atoms with van der Waals surface area (Å²) < 4.78 is 0. The Bertz CT molecular complexity index is 342. The van der Waals surface area contributed by atoms with Gasteiger partial charge in [-0.15, -0.1) is 0 Å². The highest BCUT2D eigenvalue weighted by molar-refractivity contribution is 5.85. The quantitative estimate of drug-likeness (QED) is 0.661. The molecule has 0 saturated carbocycles. The number of aromatic carboxylic acids is 1. The van der Waals surface area contributed by atoms with E-state index in [1.165, 1.54) is 0 Å². The molecule has 1 saturated heterocycles. The first-order chi connectivity index (χ1) is 7.25. The van der Waals surface area contributed by atoms with Gasteiger partial charge in [-0.3, -0.25) is 4.90 Å². The first kappa shape index (κ1) is 10.2. The van der Waals surface area contributed by atoms with E-state index < -0.39 is 5.97 Å². The standard InChI is InChI=1S/C10H15N3O2/c14-10(15)9-2-1-8(12-9)7-13-5-3-11-4-6-13/h1-2,11-12H,3-7H2,(H,14,15). The van der Waals surface area contributed by atoms with Crippen molar-refractivity contribution >= 4 is 5.97 Å². The lowest BCUT2D eigenvalue weighted by molar-refractivity contribution is 0.0691. The van der Waals surface area contributed by atoms with E-state index in [4.69, 9.17) is 5.11 Å². The number of nitrogens with zero attached hydrogens (tertiary/aromatic N) is 1. The lowest BCUT2D eigenvalue weighted by Gasteiger charge is -2.26. The summed E-state index contributed by atoms with van der Waals surface area (Å²) in [6.45, 7) is 4.84. The van der Waals surface area contributed by atoms with Gasteiger partial charge in [0, 0.05) is 38.4 Å². The van der Waals surface area contributed by atoms with Gasteiger partial charge in [0.15, 0.2) is 0 Å². The van der Waals surface area contributed by atoms with E-state index in [-0.39, 0.29) is 5.69 Å². The molecule has 5 nitrogen and oxygen atoms in total. The SMILES string of the molecule is O=C(O)c1ccc(CN2CCNCC2)[nH]1. The van der Waals surface area contributed by atoms with Crippen LogP contribution in [0.15, 0.2) is 12.1 Å². The number of H-pyrrole nitrogens is 1. The van der Waals surface area contributed by atoms with Crippen LogP contribution in [-0.2, 0) is 6.54 Å². The maximum Gasteiger partial charge on any atom is 0.352 e. The molecule has 1 aliphatic rings. The smallest absolute Gasteiger partial charge is 0.352 e. The summed E-state index contributed by atoms with van der Waals surface area (Å²) in [5, 5.41) is 12.0. The van der Waals surface area contributed by atoms with Crippen LogP contribution in [0.25, 0.3) is 0 Å². The predicted octanol–water partition coefficient (Wildman–Crippen LogP) is 0.118. The molecular weight excluding hydrogens is 194 g/mol. The summed E-state index contributed by atoms with van der Waals surface area (Å²) in [7, 11) is 0. The Morgan fingerprint density at radius 3 is 2.73 bits per heavy atom. The molecule has 1 fully saturated rings. The zero-order chi connectivity index (χ0) is 10.7. The van der Waals surface area contributed by atoms with Crippen molar-refractivity contribution in [1.29, 1.82) is 0 Å². The third kappa shape index (κ3) is 2.57. The molecule has 0 spiro atoms. The van der Waals surface area contributed by atoms with Gasteiger partial charge in [-0.25, -0.2) is 4.79 Å². The molecule has 0 atom stereocenters. The van der Waals surface area contributed by atoms with Crippen molar-refractivity contribution in [2.24, 2.45) is 0 Å². The van der Waals surface area contributed by atoms with Crippen molar-refractivity contribution < 1.29 is 9.90 Å². The molecule has 5 heteroatoms. The molecule has 82 valence electrons. The molecule has 0 bridgehead atoms. The van der Waals surface area contributed by atoms with Gasteiger partial charge in [0.25, 0.3) is 0 Å². The molecule has 1 aliphatic heterocycles. The van der Waals surface area contributed by atoms with E-state index in [2.05, 4.69) is 15.2 Å². The third-order valence-electron chi connectivity index (χ3n) is 2.58. The molecule has 2 heterocycles. The maximum atomic E-state index is 10.7. The van der Waals surface area contributed by atoms with Gasteiger partial charge in [-0.05, 0) is 12.1 Å². The van der Waals surface area contributed by atoms with E-state index in [0.717, 1.165) is 38.4 Å². The first-order valence-electron chi connectivity index (χ1n) is 5.10. The topological polar surface area (TPSA) is 68.4 Å². The minimum absolute atomic E-state index is 0.264. The fourth-order valence-electron chi connectivity index (χ4n) is 1.77. The zero-order valence-corrected chi connectivity index (χ0v) is 8.49. The molecule has 0 aliphatic carbocycles. The summed E-state index contributed by atoms with van der Waals surface area (Å²) in [6, 6.07) is 3.45. The van der Waals surface area contributed by atoms with Crippen LogP contribution < -0.4 is 5.32 Å². The minimum Gasteiger partial charge on any atom is -0.477 e. The van der Waals surface area contributed by atoms with E-state index >= 15 is 0 Å². The molecule has 3 N–H and O–H groups in total. The van der Waals surface area contributed by atoms with E-state index in [0.29, 0.717) is 0 Å². The van der Waals surface area contributed by atoms with Crippen LogP contribution in [0.4, 0.5) is 0 Å². The number of carboxylic acids is 1. The second-order valence-electron chi connectivity index (χ2n) is 3.73. The second-order valence-corrected chi connectivity index (χ2v) is 3.73. The molecule has 1 aromatic rings. The Hall–Kier alpha value is -1.33. The van der Waals surface area contributed by atoms with Crippen molar-refractivity contribution in [1.82, 2.24) is 15.2 Å². The lowest BCUT2D eigenvalue weighted by Crippen LogP contribution is -2.42. The van der Waals surface area contributed by atoms with Crippen LogP contribution in [0.3, 0.4) is 0 Å². The zero-order valence-electron chi connectivity index (χ0n) is 8.49. The van der Waals surface area contributed by atoms with Crippen molar-refractivity contribution in [2.45, 2.75) is 6.54 Å². The van der Waals surface area contributed by atoms with Crippen molar-refractivity contribution in [2.75, 3.05) is 26.2 Å². The van der Waals surface area contributed by atoms with Crippen molar-refractivity contribution in [3.63, 3.8) is 0 Å². The molecule has 0 aromatic carbocycles. The van der Waals surface area contributed by atoms with Crippen LogP contribution in [0.2, 0.25) is 0 Å². The molecule has 2 rings (SSSR count). The van der Waals surface area contributed by atoms with Crippen molar-refractivity contribution in [3.05, 3.63) is 23.5 Å². The Kier molecular flexibility index (Phi) is 3.03. The number of carboxylic acid groups (broad SMARTS) is 1. The van der Waals surface area contributed by atoms with Crippen LogP contribution >= 0.6 is 0 Å². The Morgan fingerprint density at radius 1 is 1.40 bits per heavy atom. The molecule has 0 radical (unpaired) electrons. The van der Waals surface area contributed by atoms with Gasteiger partial charge >= 0.3 is 5.97 Å². The van der Waals surface area contributed by atoms with Crippen LogP contribution in [0.5, 0.6) is 0 Å². The predicted molar refractivity (Wildman–Crippen MR) is 55.9 cm³/mol. The molecule has 0 amide bonds. The fraction of sp³-hybridized carbons (Fsp3) is 0.500. The van der Waals surface area contributed by atoms with Gasteiger partial charge in [0.2, 0.25) is 0 Å². The Morgan fingerprint density at radius 2 is 2.13 bits per heavy atom. The molecule has 0 unspecified atom stereocenters. The van der Waals surface area contributed by atoms with E-state index in [1.807, 2.05) is 6.07 Å². The number of aromatic nitrogens is 1. The van der Waals surface area contributed by atoms with Gasteiger partial charge in [0.05, 0.1) is 0 Å². The highest BCUT2D eigenvalue weighted by Gasteiger charge is 2.12. The average molecular weight is 209 g/mol. The first-order valence-corrected chi connectivity index (χ1v) is 5.10. The second kappa shape index (κ2) is 4.46. The minimum atomic E-state index is -0.901. The number of carbonyl (C=O) groups is 1. The van der Waals surface area contributed by atoms with E-state index in [9.17, 15) is 4.79 Å². The Balaban J connectivity index is 1.94. The number of hydrogen-bond acceptors (Lipinski definition) is 3. The summed E-state index contributed by atoms with van der Waals surface area (Å²) in [5.74, 6) is -0.901. The van der Waals surface area contributed by atoms with Gasteiger partial charge in [-0.1, -0.05) is 0 Å². The molecular formula is C10H15N3O2. The summed E-state index contributed by atoms with van der Waals surface area (Å²) in [4.78, 5) is 15.8. The number of hydrogen-bond donors (Lipinski definition) is 3. The van der Waals surface area contributed by atoms with Gasteiger partial charge in [0.1, 0.15) is 5.69 Å². The van der Waals surface area contributed by atoms with Crippen molar-refractivity contribution in [3.8, 4) is 0 Å². The summed E-state index contributed by atoms with van der Waals surface area (Å²) in [5.41, 5.74) is 1.23. The largest absolute Gasteiger partial charge is 0.477 e. The summed E-state index contributed by atoms with van der Waals surface area (Å²) in [6.07, 6.45) is 0. The molecule has 1 aromatic heterocycles. The maximum absolute atomic E-state index is 10.7. The normalized spacial score (nSPS) is 17.9. The van der Waals surface area contributed by atoms with Gasteiger partial charge in [-0.2, -0.15) is 0 Å². The third-order valence-corrected chi connectivity index (χ3v) is 2.58.